The number of nitrogens with one attached hydrogen (secondary N) is 3. The third kappa shape index (κ3) is 9.67. The first-order valence-electron chi connectivity index (χ1n) is 15.0. The molecule has 0 aliphatic heterocycles. The van der Waals surface area contributed by atoms with Crippen LogP contribution in [0.1, 0.15) is 66.5 Å². The highest BCUT2D eigenvalue weighted by atomic mass is 32.2. The molecule has 2 aromatic rings. The van der Waals surface area contributed by atoms with Gasteiger partial charge in [-0.15, -0.1) is 12.6 Å². The molecule has 0 aromatic heterocycles. The number of benzene rings is 2. The van der Waals surface area contributed by atoms with E-state index in [1.54, 1.807) is 32.3 Å². The van der Waals surface area contributed by atoms with Crippen molar-refractivity contribution in [3.8, 4) is 0 Å². The standard InChI is InChI=1S/C34H50N4O5S2/c1-21(2)27(20-23(4)30(39)37-45(42,43)26-18-12-22(3)13-19-26)38(11)32(41)29(33(5,6)7)36-31(40)28(35-10)34(8,9)24-14-16-25(44)17-15-24/h12-21,27-29,35,44H,1-11H3,(H,36,40)(H,37,39)/b23-20+/t27-,28-,29-/m1/s1. The summed E-state index contributed by atoms with van der Waals surface area (Å²) >= 11 is 4.37. The Morgan fingerprint density at radius 2 is 1.44 bits per heavy atom. The molecule has 45 heavy (non-hydrogen) atoms. The van der Waals surface area contributed by atoms with E-state index in [1.807, 2.05) is 79.7 Å². The summed E-state index contributed by atoms with van der Waals surface area (Å²) in [6.07, 6.45) is 1.59. The number of amides is 3. The summed E-state index contributed by atoms with van der Waals surface area (Å²) in [5.41, 5.74) is 0.696. The Morgan fingerprint density at radius 3 is 1.91 bits per heavy atom. The van der Waals surface area contributed by atoms with Gasteiger partial charge in [-0.25, -0.2) is 13.1 Å². The summed E-state index contributed by atoms with van der Waals surface area (Å²) in [6.45, 7) is 16.7. The highest BCUT2D eigenvalue weighted by Crippen LogP contribution is 2.30. The number of nitrogens with zero attached hydrogens (tertiary/aromatic N) is 1. The van der Waals surface area contributed by atoms with Crippen molar-refractivity contribution >= 4 is 40.4 Å². The Balaban J connectivity index is 2.33. The molecule has 0 aliphatic carbocycles. The van der Waals surface area contributed by atoms with Gasteiger partial charge in [-0.3, -0.25) is 14.4 Å². The van der Waals surface area contributed by atoms with Gasteiger partial charge in [0.2, 0.25) is 11.8 Å². The van der Waals surface area contributed by atoms with Crippen LogP contribution in [0.15, 0.2) is 70.0 Å². The lowest BCUT2D eigenvalue weighted by atomic mass is 9.76. The zero-order valence-corrected chi connectivity index (χ0v) is 30.1. The molecular weight excluding hydrogens is 609 g/mol. The van der Waals surface area contributed by atoms with E-state index in [-0.39, 0.29) is 28.2 Å². The molecule has 248 valence electrons. The third-order valence-corrected chi connectivity index (χ3v) is 9.74. The Morgan fingerprint density at radius 1 is 0.911 bits per heavy atom. The molecule has 0 fully saturated rings. The van der Waals surface area contributed by atoms with Crippen molar-refractivity contribution in [3.63, 3.8) is 0 Å². The molecule has 2 aromatic carbocycles. The van der Waals surface area contributed by atoms with E-state index < -0.39 is 44.9 Å². The Kier molecular flexibility index (Phi) is 12.6. The van der Waals surface area contributed by atoms with Crippen LogP contribution >= 0.6 is 12.6 Å². The topological polar surface area (TPSA) is 125 Å². The molecule has 0 saturated carbocycles. The van der Waals surface area contributed by atoms with Crippen LogP contribution in [0.5, 0.6) is 0 Å². The maximum absolute atomic E-state index is 14.1. The first-order valence-corrected chi connectivity index (χ1v) is 16.9. The van der Waals surface area contributed by atoms with Gasteiger partial charge in [0.1, 0.15) is 6.04 Å². The van der Waals surface area contributed by atoms with Gasteiger partial charge in [0.05, 0.1) is 17.0 Å². The lowest BCUT2D eigenvalue weighted by Crippen LogP contribution is -2.61. The van der Waals surface area contributed by atoms with Crippen molar-refractivity contribution in [1.29, 1.82) is 0 Å². The Hall–Kier alpha value is -3.15. The van der Waals surface area contributed by atoms with Crippen LogP contribution in [0.25, 0.3) is 0 Å². The van der Waals surface area contributed by atoms with Crippen molar-refractivity contribution in [3.05, 3.63) is 71.3 Å². The second-order valence-electron chi connectivity index (χ2n) is 13.6. The smallest absolute Gasteiger partial charge is 0.264 e. The number of hydrogen-bond acceptors (Lipinski definition) is 7. The Labute approximate surface area is 275 Å². The predicted molar refractivity (Wildman–Crippen MR) is 183 cm³/mol. The van der Waals surface area contributed by atoms with E-state index >= 15 is 0 Å². The van der Waals surface area contributed by atoms with Crippen LogP contribution in [0.3, 0.4) is 0 Å². The minimum absolute atomic E-state index is 0.0208. The fraction of sp³-hybridized carbons (Fsp3) is 0.500. The van der Waals surface area contributed by atoms with E-state index in [0.29, 0.717) is 0 Å². The number of carbonyl (C=O) groups excluding carboxylic acids is 3. The lowest BCUT2D eigenvalue weighted by molar-refractivity contribution is -0.140. The molecule has 0 aliphatic rings. The van der Waals surface area contributed by atoms with Crippen LogP contribution in [-0.2, 0) is 29.8 Å². The molecule has 3 amide bonds. The van der Waals surface area contributed by atoms with Gasteiger partial charge in [0.25, 0.3) is 15.9 Å². The van der Waals surface area contributed by atoms with Gasteiger partial charge in [-0.2, -0.15) is 0 Å². The summed E-state index contributed by atoms with van der Waals surface area (Å²) in [6, 6.07) is 11.7. The van der Waals surface area contributed by atoms with Gasteiger partial charge >= 0.3 is 0 Å². The first kappa shape index (κ1) is 38.0. The van der Waals surface area contributed by atoms with E-state index in [9.17, 15) is 22.8 Å². The van der Waals surface area contributed by atoms with E-state index in [2.05, 4.69) is 28.0 Å². The number of rotatable bonds is 12. The van der Waals surface area contributed by atoms with Crippen molar-refractivity contribution in [2.75, 3.05) is 14.1 Å². The number of likely N-dealkylation sites (N-methyl/N-ethyl adjacent to an activating group) is 2. The van der Waals surface area contributed by atoms with Crippen molar-refractivity contribution < 1.29 is 22.8 Å². The molecule has 0 saturated heterocycles. The quantitative estimate of drug-likeness (QED) is 0.195. The highest BCUT2D eigenvalue weighted by Gasteiger charge is 2.41. The number of thiol groups is 1. The number of hydrogen-bond donors (Lipinski definition) is 4. The molecule has 11 heteroatoms. The van der Waals surface area contributed by atoms with Gasteiger partial charge in [-0.1, -0.05) is 84.4 Å². The molecular formula is C34H50N4O5S2. The molecule has 0 radical (unpaired) electrons. The van der Waals surface area contributed by atoms with Gasteiger partial charge in [0.15, 0.2) is 0 Å². The van der Waals surface area contributed by atoms with Gasteiger partial charge < -0.3 is 15.5 Å². The van der Waals surface area contributed by atoms with Gasteiger partial charge in [0, 0.05) is 22.9 Å². The second-order valence-corrected chi connectivity index (χ2v) is 15.8. The minimum Gasteiger partial charge on any atom is -0.342 e. The van der Waals surface area contributed by atoms with E-state index in [1.165, 1.54) is 24.0 Å². The normalized spacial score (nSPS) is 14.8. The average Bonchev–Trinajstić information content (AvgIpc) is 2.93. The van der Waals surface area contributed by atoms with Crippen LogP contribution in [0.2, 0.25) is 0 Å². The maximum Gasteiger partial charge on any atom is 0.264 e. The number of sulfonamides is 1. The van der Waals surface area contributed by atoms with E-state index in [0.717, 1.165) is 16.0 Å². The molecule has 2 rings (SSSR count). The van der Waals surface area contributed by atoms with Crippen molar-refractivity contribution in [2.45, 2.75) is 95.6 Å². The zero-order chi connectivity index (χ0) is 34.5. The van der Waals surface area contributed by atoms with Crippen molar-refractivity contribution in [2.24, 2.45) is 11.3 Å². The van der Waals surface area contributed by atoms with Crippen LogP contribution < -0.4 is 15.4 Å². The summed E-state index contributed by atoms with van der Waals surface area (Å²) in [4.78, 5) is 43.2. The van der Waals surface area contributed by atoms with Crippen LogP contribution in [-0.4, -0.2) is 63.3 Å². The minimum atomic E-state index is -4.08. The molecule has 9 nitrogen and oxygen atoms in total. The molecule has 3 atom stereocenters. The van der Waals surface area contributed by atoms with Gasteiger partial charge in [-0.05, 0) is 62.1 Å². The summed E-state index contributed by atoms with van der Waals surface area (Å²) in [5, 5.41) is 6.15. The highest BCUT2D eigenvalue weighted by molar-refractivity contribution is 7.90. The average molecular weight is 659 g/mol. The largest absolute Gasteiger partial charge is 0.342 e. The van der Waals surface area contributed by atoms with Crippen LogP contribution in [0, 0.1) is 18.3 Å². The molecule has 0 heterocycles. The molecule has 3 N–H and O–H groups in total. The van der Waals surface area contributed by atoms with Crippen LogP contribution in [0.4, 0.5) is 0 Å². The maximum atomic E-state index is 14.1. The SMILES string of the molecule is CN[C@H](C(=O)N[C@H](C(=O)N(C)[C@H](/C=C(\C)C(=O)NS(=O)(=O)c1ccc(C)cc1)C(C)C)C(C)(C)C)C(C)(C)c1ccc(S)cc1. The summed E-state index contributed by atoms with van der Waals surface area (Å²) < 4.78 is 27.7. The molecule has 0 spiro atoms. The lowest BCUT2D eigenvalue weighted by Gasteiger charge is -2.40. The number of carbonyl (C=O) groups is 3. The molecule has 0 bridgehead atoms. The first-order chi connectivity index (χ1) is 20.6. The fourth-order valence-electron chi connectivity index (χ4n) is 5.16. The Bertz CT molecular complexity index is 1490. The third-order valence-electron chi connectivity index (χ3n) is 8.10. The van der Waals surface area contributed by atoms with E-state index in [4.69, 9.17) is 0 Å². The summed E-state index contributed by atoms with van der Waals surface area (Å²) in [5.74, 6) is -1.58. The monoisotopic (exact) mass is 658 g/mol. The molecule has 0 unspecified atom stereocenters. The fourth-order valence-corrected chi connectivity index (χ4v) is 6.33. The second kappa shape index (κ2) is 15.0. The number of aryl methyl sites for hydroxylation is 1. The zero-order valence-electron chi connectivity index (χ0n) is 28.3. The predicted octanol–water partition coefficient (Wildman–Crippen LogP) is 4.61. The summed E-state index contributed by atoms with van der Waals surface area (Å²) in [7, 11) is -0.744. The van der Waals surface area contributed by atoms with Crippen molar-refractivity contribution in [1.82, 2.24) is 20.3 Å².